The lowest BCUT2D eigenvalue weighted by Crippen LogP contribution is -2.32. The van der Waals surface area contributed by atoms with Gasteiger partial charge in [0.25, 0.3) is 0 Å². The Morgan fingerprint density at radius 1 is 0.958 bits per heavy atom. The fraction of sp³-hybridized carbons (Fsp3) is 0.667. The highest BCUT2D eigenvalue weighted by molar-refractivity contribution is 7.99. The van der Waals surface area contributed by atoms with Crippen molar-refractivity contribution in [2.45, 2.75) is 43.4 Å². The van der Waals surface area contributed by atoms with Crippen LogP contribution in [0.15, 0.2) is 24.3 Å². The van der Waals surface area contributed by atoms with Crippen LogP contribution in [0.5, 0.6) is 0 Å². The lowest BCUT2D eigenvalue weighted by atomic mass is 9.81. The van der Waals surface area contributed by atoms with Crippen LogP contribution in [0.4, 0.5) is 13.2 Å². The molecule has 6 heteroatoms. The smallest absolute Gasteiger partial charge is 0.348 e. The molecule has 1 saturated carbocycles. The van der Waals surface area contributed by atoms with E-state index in [4.69, 9.17) is 9.47 Å². The summed E-state index contributed by atoms with van der Waals surface area (Å²) in [4.78, 5) is 0. The molecule has 0 radical (unpaired) electrons. The second-order valence-electron chi connectivity index (χ2n) is 6.05. The van der Waals surface area contributed by atoms with Crippen LogP contribution in [0, 0.1) is 23.7 Å². The summed E-state index contributed by atoms with van der Waals surface area (Å²) in [6.07, 6.45) is 6.36. The molecule has 2 rings (SSSR count). The maximum Gasteiger partial charge on any atom is 0.391 e. The van der Waals surface area contributed by atoms with Crippen LogP contribution in [0.25, 0.3) is 0 Å². The highest BCUT2D eigenvalue weighted by atomic mass is 32.2. The Kier molecular flexibility index (Phi) is 7.73. The Morgan fingerprint density at radius 3 is 2.08 bits per heavy atom. The molecular formula is C18H23F3O2S. The van der Waals surface area contributed by atoms with Gasteiger partial charge in [-0.25, -0.2) is 0 Å². The van der Waals surface area contributed by atoms with E-state index in [0.29, 0.717) is 31.3 Å². The molecule has 1 saturated heterocycles. The molecule has 0 N–H and O–H groups in total. The second-order valence-corrected chi connectivity index (χ2v) is 7.19. The Bertz CT molecular complexity index is 489. The minimum Gasteiger partial charge on any atom is -0.348 e. The summed E-state index contributed by atoms with van der Waals surface area (Å²) in [5.41, 5.74) is 0. The highest BCUT2D eigenvalue weighted by Crippen LogP contribution is 2.39. The topological polar surface area (TPSA) is 18.5 Å². The zero-order valence-corrected chi connectivity index (χ0v) is 14.5. The van der Waals surface area contributed by atoms with Crippen LogP contribution in [0.2, 0.25) is 0 Å². The highest BCUT2D eigenvalue weighted by Gasteiger charge is 2.40. The lowest BCUT2D eigenvalue weighted by molar-refractivity contribution is -0.183. The van der Waals surface area contributed by atoms with Gasteiger partial charge < -0.3 is 9.47 Å². The van der Waals surface area contributed by atoms with Crippen LogP contribution in [-0.4, -0.2) is 37.2 Å². The third-order valence-corrected chi connectivity index (χ3v) is 5.27. The van der Waals surface area contributed by atoms with Gasteiger partial charge in [-0.2, -0.15) is 24.9 Å². The van der Waals surface area contributed by atoms with Crippen LogP contribution in [-0.2, 0) is 9.47 Å². The standard InChI is InChI=1S/C18H23F3O2S/c1-24-16-12-22-17(23-13-16)7-5-3-2-4-6-14-8-10-15(11-9-14)18(19,20)21/h4-7,14-17H,8-13H2,1H3/b6-4+,7-5+. The molecule has 1 aliphatic carbocycles. The lowest BCUT2D eigenvalue weighted by Gasteiger charge is -2.28. The number of halogens is 3. The van der Waals surface area contributed by atoms with E-state index >= 15 is 0 Å². The molecule has 2 aliphatic rings. The van der Waals surface area contributed by atoms with Crippen LogP contribution < -0.4 is 0 Å². The first-order valence-corrected chi connectivity index (χ1v) is 9.45. The maximum absolute atomic E-state index is 12.6. The average molecular weight is 360 g/mol. The number of alkyl halides is 3. The summed E-state index contributed by atoms with van der Waals surface area (Å²) in [7, 11) is 0. The molecule has 0 unspecified atom stereocenters. The van der Waals surface area contributed by atoms with Crippen molar-refractivity contribution in [3.8, 4) is 11.8 Å². The summed E-state index contributed by atoms with van der Waals surface area (Å²) < 4.78 is 48.8. The van der Waals surface area contributed by atoms with E-state index in [2.05, 4.69) is 11.8 Å². The zero-order chi connectivity index (χ0) is 17.4. The molecule has 0 aromatic carbocycles. The van der Waals surface area contributed by atoms with E-state index in [1.54, 1.807) is 30.0 Å². The third kappa shape index (κ3) is 6.54. The normalized spacial score (nSPS) is 32.0. The molecule has 24 heavy (non-hydrogen) atoms. The summed E-state index contributed by atoms with van der Waals surface area (Å²) in [5.74, 6) is 4.82. The quantitative estimate of drug-likeness (QED) is 0.687. The van der Waals surface area contributed by atoms with Gasteiger partial charge in [-0.15, -0.1) is 0 Å². The Balaban J connectivity index is 1.66. The molecule has 0 bridgehead atoms. The van der Waals surface area contributed by atoms with Gasteiger partial charge in [-0.3, -0.25) is 0 Å². The van der Waals surface area contributed by atoms with Crippen LogP contribution in [0.3, 0.4) is 0 Å². The first kappa shape index (κ1) is 19.4. The minimum atomic E-state index is -4.04. The molecule has 0 aromatic heterocycles. The number of hydrogen-bond donors (Lipinski definition) is 0. The predicted molar refractivity (Wildman–Crippen MR) is 90.6 cm³/mol. The maximum atomic E-state index is 12.6. The van der Waals surface area contributed by atoms with E-state index in [-0.39, 0.29) is 25.0 Å². The van der Waals surface area contributed by atoms with E-state index in [9.17, 15) is 13.2 Å². The van der Waals surface area contributed by atoms with E-state index in [1.807, 2.05) is 12.3 Å². The molecule has 134 valence electrons. The van der Waals surface area contributed by atoms with Gasteiger partial charge in [0, 0.05) is 0 Å². The molecule has 0 amide bonds. The zero-order valence-electron chi connectivity index (χ0n) is 13.7. The third-order valence-electron chi connectivity index (χ3n) is 4.33. The SMILES string of the molecule is CSC1COC(/C=C/C#C/C=C/C2CCC(C(F)(F)F)CC2)OC1. The molecule has 2 fully saturated rings. The molecule has 2 nitrogen and oxygen atoms in total. The fourth-order valence-corrected chi connectivity index (χ4v) is 3.22. The Labute approximate surface area is 145 Å². The Morgan fingerprint density at radius 2 is 1.54 bits per heavy atom. The van der Waals surface area contributed by atoms with Gasteiger partial charge in [0.2, 0.25) is 0 Å². The van der Waals surface area contributed by atoms with Crippen LogP contribution >= 0.6 is 11.8 Å². The molecule has 0 spiro atoms. The first-order valence-electron chi connectivity index (χ1n) is 8.16. The summed E-state index contributed by atoms with van der Waals surface area (Å²) in [6, 6.07) is 0. The monoisotopic (exact) mass is 360 g/mol. The summed E-state index contributed by atoms with van der Waals surface area (Å²) in [5, 5.41) is 0.385. The van der Waals surface area contributed by atoms with E-state index in [0.717, 1.165) is 0 Å². The van der Waals surface area contributed by atoms with Crippen molar-refractivity contribution >= 4 is 11.8 Å². The molecular weight excluding hydrogens is 337 g/mol. The first-order chi connectivity index (χ1) is 11.5. The van der Waals surface area contributed by atoms with Crippen molar-refractivity contribution in [2.75, 3.05) is 19.5 Å². The fourth-order valence-electron chi connectivity index (χ4n) is 2.79. The van der Waals surface area contributed by atoms with Gasteiger partial charge in [-0.05, 0) is 56.1 Å². The molecule has 1 aliphatic heterocycles. The molecule has 1 heterocycles. The number of hydrogen-bond acceptors (Lipinski definition) is 3. The number of ether oxygens (including phenoxy) is 2. The van der Waals surface area contributed by atoms with Gasteiger partial charge in [-0.1, -0.05) is 17.9 Å². The molecule has 0 aromatic rings. The van der Waals surface area contributed by atoms with Crippen molar-refractivity contribution in [3.05, 3.63) is 24.3 Å². The average Bonchev–Trinajstić information content (AvgIpc) is 2.58. The van der Waals surface area contributed by atoms with Gasteiger partial charge in [0.1, 0.15) is 0 Å². The van der Waals surface area contributed by atoms with Crippen LogP contribution in [0.1, 0.15) is 25.7 Å². The van der Waals surface area contributed by atoms with Crippen molar-refractivity contribution in [2.24, 2.45) is 11.8 Å². The second kappa shape index (κ2) is 9.55. The van der Waals surface area contributed by atoms with Gasteiger partial charge in [0.15, 0.2) is 6.29 Å². The van der Waals surface area contributed by atoms with E-state index in [1.165, 1.54) is 0 Å². The van der Waals surface area contributed by atoms with Crippen molar-refractivity contribution in [3.63, 3.8) is 0 Å². The predicted octanol–water partition coefficient (Wildman–Crippen LogP) is 4.58. The number of allylic oxidation sites excluding steroid dienone is 3. The summed E-state index contributed by atoms with van der Waals surface area (Å²) >= 11 is 1.72. The van der Waals surface area contributed by atoms with Gasteiger partial charge in [0.05, 0.1) is 24.4 Å². The minimum absolute atomic E-state index is 0.204. The van der Waals surface area contributed by atoms with Gasteiger partial charge >= 0.3 is 6.18 Å². The Hall–Kier alpha value is -0.900. The largest absolute Gasteiger partial charge is 0.391 e. The van der Waals surface area contributed by atoms with Crippen molar-refractivity contribution < 1.29 is 22.6 Å². The van der Waals surface area contributed by atoms with Crippen molar-refractivity contribution in [1.82, 2.24) is 0 Å². The summed E-state index contributed by atoms with van der Waals surface area (Å²) in [6.45, 7) is 1.34. The number of thioether (sulfide) groups is 1. The molecule has 0 atom stereocenters. The van der Waals surface area contributed by atoms with Crippen molar-refractivity contribution in [1.29, 1.82) is 0 Å². The van der Waals surface area contributed by atoms with E-state index < -0.39 is 12.1 Å². The number of rotatable bonds is 3.